The monoisotopic (exact) mass is 522 g/mol. The summed E-state index contributed by atoms with van der Waals surface area (Å²) in [7, 11) is 0.149. The number of likely N-dealkylation sites (tertiary alicyclic amines) is 1. The van der Waals surface area contributed by atoms with Crippen LogP contribution in [0, 0.1) is 5.82 Å². The smallest absolute Gasteiger partial charge is 0.412 e. The third-order valence-electron chi connectivity index (χ3n) is 5.83. The van der Waals surface area contributed by atoms with Crippen molar-refractivity contribution in [2.45, 2.75) is 70.9 Å². The summed E-state index contributed by atoms with van der Waals surface area (Å²) in [5.41, 5.74) is -0.973. The molecule has 1 aromatic carbocycles. The van der Waals surface area contributed by atoms with Crippen LogP contribution in [0.15, 0.2) is 16.9 Å². The first kappa shape index (κ1) is 27.6. The number of fused-ring (bicyclic) bond motifs is 1. The van der Waals surface area contributed by atoms with Gasteiger partial charge in [-0.15, -0.1) is 0 Å². The fourth-order valence-corrected chi connectivity index (χ4v) is 4.68. The number of benzene rings is 1. The van der Waals surface area contributed by atoms with Gasteiger partial charge in [0.1, 0.15) is 24.2 Å². The maximum Gasteiger partial charge on any atom is 0.412 e. The van der Waals surface area contributed by atoms with Crippen molar-refractivity contribution < 1.29 is 28.2 Å². The lowest BCUT2D eigenvalue weighted by molar-refractivity contribution is -0.157. The van der Waals surface area contributed by atoms with Crippen molar-refractivity contribution in [2.75, 3.05) is 18.7 Å². The van der Waals surface area contributed by atoms with Crippen LogP contribution < -0.4 is 11.0 Å². The minimum Gasteiger partial charge on any atom is -0.444 e. The lowest BCUT2D eigenvalue weighted by atomic mass is 10.0. The Balaban J connectivity index is 1.89. The van der Waals surface area contributed by atoms with Gasteiger partial charge < -0.3 is 9.47 Å². The molecule has 0 aliphatic carbocycles. The number of hydrogen-bond acceptors (Lipinski definition) is 6. The van der Waals surface area contributed by atoms with Gasteiger partial charge >= 0.3 is 11.8 Å². The van der Waals surface area contributed by atoms with Crippen molar-refractivity contribution in [3.8, 4) is 0 Å². The molecule has 0 bridgehead atoms. The number of piperidine rings is 1. The molecule has 1 aliphatic rings. The summed E-state index contributed by atoms with van der Waals surface area (Å²) in [4.78, 5) is 52.0. The molecule has 12 heteroatoms. The van der Waals surface area contributed by atoms with Gasteiger partial charge in [-0.3, -0.25) is 28.9 Å². The van der Waals surface area contributed by atoms with E-state index in [2.05, 4.69) is 25.0 Å². The highest BCUT2D eigenvalue weighted by Gasteiger charge is 2.37. The third kappa shape index (κ3) is 6.22. The molecular formula is C24H35FN4O6Si. The van der Waals surface area contributed by atoms with E-state index in [1.165, 1.54) is 22.2 Å². The van der Waals surface area contributed by atoms with E-state index >= 15 is 0 Å². The number of amides is 3. The van der Waals surface area contributed by atoms with Crippen LogP contribution in [-0.2, 0) is 26.1 Å². The summed E-state index contributed by atoms with van der Waals surface area (Å²) in [5.74, 6) is -1.73. The largest absolute Gasteiger partial charge is 0.444 e. The molecule has 1 atom stereocenters. The number of ether oxygens (including phenoxy) is 2. The van der Waals surface area contributed by atoms with E-state index in [9.17, 15) is 23.6 Å². The molecule has 10 nitrogen and oxygen atoms in total. The molecule has 0 saturated carbocycles. The summed E-state index contributed by atoms with van der Waals surface area (Å²) >= 11 is 0. The molecule has 36 heavy (non-hydrogen) atoms. The number of imide groups is 1. The Morgan fingerprint density at radius 2 is 1.83 bits per heavy atom. The van der Waals surface area contributed by atoms with Gasteiger partial charge in [-0.05, 0) is 39.3 Å². The van der Waals surface area contributed by atoms with Gasteiger partial charge in [0.15, 0.2) is 0 Å². The third-order valence-corrected chi connectivity index (χ3v) is 7.53. The number of hydrogen-bond donors (Lipinski definition) is 1. The van der Waals surface area contributed by atoms with Crippen LogP contribution in [0.5, 0.6) is 0 Å². The Labute approximate surface area is 210 Å². The second-order valence-electron chi connectivity index (χ2n) is 11.2. The molecule has 1 fully saturated rings. The molecule has 1 N–H and O–H groups in total. The molecule has 2 heterocycles. The zero-order valence-corrected chi connectivity index (χ0v) is 22.9. The fourth-order valence-electron chi connectivity index (χ4n) is 3.92. The molecular weight excluding hydrogens is 487 g/mol. The van der Waals surface area contributed by atoms with Crippen molar-refractivity contribution in [3.63, 3.8) is 0 Å². The van der Waals surface area contributed by atoms with Crippen molar-refractivity contribution in [1.29, 1.82) is 0 Å². The first-order valence-corrected chi connectivity index (χ1v) is 15.6. The standard InChI is InChI=1S/C24H35FN4O6Si/c1-24(2,3)35-22(32)26-16-13-18-19(12-15(16)25)29(23(33)27(18)4)17-8-9-20(30)28(21(17)31)14-34-10-11-36(5,6)7/h12-13,17H,8-11,14H2,1-7H3,(H,26,32). The quantitative estimate of drug-likeness (QED) is 0.336. The van der Waals surface area contributed by atoms with Crippen molar-refractivity contribution >= 4 is 42.7 Å². The van der Waals surface area contributed by atoms with Crippen molar-refractivity contribution in [2.24, 2.45) is 7.05 Å². The van der Waals surface area contributed by atoms with Gasteiger partial charge in [0.2, 0.25) is 5.91 Å². The number of carbonyl (C=O) groups is 3. The van der Waals surface area contributed by atoms with E-state index in [0.29, 0.717) is 12.1 Å². The fraction of sp³-hybridized carbons (Fsp3) is 0.583. The first-order chi connectivity index (χ1) is 16.6. The van der Waals surface area contributed by atoms with Gasteiger partial charge in [-0.2, -0.15) is 0 Å². The van der Waals surface area contributed by atoms with Gasteiger partial charge in [0.05, 0.1) is 16.7 Å². The molecule has 0 spiro atoms. The second-order valence-corrected chi connectivity index (χ2v) is 16.8. The van der Waals surface area contributed by atoms with Crippen LogP contribution in [0.4, 0.5) is 14.9 Å². The van der Waals surface area contributed by atoms with E-state index in [1.54, 1.807) is 20.8 Å². The van der Waals surface area contributed by atoms with Gasteiger partial charge in [-0.25, -0.2) is 14.0 Å². The SMILES string of the molecule is Cn1c(=O)n(C2CCC(=O)N(COCC[Si](C)(C)C)C2=O)c2cc(F)c(NC(=O)OC(C)(C)C)cc21. The normalized spacial score (nSPS) is 17.1. The van der Waals surface area contributed by atoms with Crippen LogP contribution >= 0.6 is 0 Å². The summed E-state index contributed by atoms with van der Waals surface area (Å²) < 4.78 is 28.3. The number of carbonyl (C=O) groups excluding carboxylic acids is 3. The van der Waals surface area contributed by atoms with Crippen LogP contribution in [0.3, 0.4) is 0 Å². The maximum absolute atomic E-state index is 15.0. The van der Waals surface area contributed by atoms with Crippen molar-refractivity contribution in [1.82, 2.24) is 14.0 Å². The number of imidazole rings is 1. The van der Waals surface area contributed by atoms with E-state index in [4.69, 9.17) is 9.47 Å². The number of nitrogens with one attached hydrogen (secondary N) is 1. The van der Waals surface area contributed by atoms with Crippen molar-refractivity contribution in [3.05, 3.63) is 28.4 Å². The topological polar surface area (TPSA) is 112 Å². The van der Waals surface area contributed by atoms with Crippen LogP contribution in [0.25, 0.3) is 11.0 Å². The van der Waals surface area contributed by atoms with Crippen LogP contribution in [0.2, 0.25) is 25.7 Å². The Morgan fingerprint density at radius 1 is 1.17 bits per heavy atom. The van der Waals surface area contributed by atoms with Gasteiger partial charge in [0.25, 0.3) is 5.91 Å². The number of rotatable bonds is 7. The van der Waals surface area contributed by atoms with E-state index in [1.807, 2.05) is 0 Å². The highest BCUT2D eigenvalue weighted by molar-refractivity contribution is 6.76. The molecule has 1 unspecified atom stereocenters. The molecule has 1 aliphatic heterocycles. The summed E-state index contributed by atoms with van der Waals surface area (Å²) in [6.45, 7) is 11.9. The lowest BCUT2D eigenvalue weighted by Crippen LogP contribution is -2.48. The van der Waals surface area contributed by atoms with E-state index in [-0.39, 0.29) is 36.7 Å². The number of nitrogens with zero attached hydrogens (tertiary/aromatic N) is 3. The molecule has 0 radical (unpaired) electrons. The number of aromatic nitrogens is 2. The highest BCUT2D eigenvalue weighted by Crippen LogP contribution is 2.29. The van der Waals surface area contributed by atoms with Gasteiger partial charge in [-0.1, -0.05) is 19.6 Å². The Bertz CT molecular complexity index is 1240. The Hall–Kier alpha value is -2.99. The molecule has 2 aromatic rings. The molecule has 198 valence electrons. The van der Waals surface area contributed by atoms with Crippen LogP contribution in [0.1, 0.15) is 39.7 Å². The summed E-state index contributed by atoms with van der Waals surface area (Å²) in [6, 6.07) is 2.32. The zero-order valence-electron chi connectivity index (χ0n) is 21.9. The predicted octanol–water partition coefficient (Wildman–Crippen LogP) is 3.83. The molecule has 1 saturated heterocycles. The highest BCUT2D eigenvalue weighted by atomic mass is 28.3. The molecule has 1 aromatic heterocycles. The summed E-state index contributed by atoms with van der Waals surface area (Å²) in [5, 5.41) is 2.36. The van der Waals surface area contributed by atoms with E-state index in [0.717, 1.165) is 17.0 Å². The van der Waals surface area contributed by atoms with Crippen LogP contribution in [-0.4, -0.2) is 59.0 Å². The number of aryl methyl sites for hydroxylation is 1. The minimum absolute atomic E-state index is 0.0530. The Kier molecular flexibility index (Phi) is 7.79. The molecule has 3 rings (SSSR count). The Morgan fingerprint density at radius 3 is 2.44 bits per heavy atom. The zero-order chi connectivity index (χ0) is 27.0. The minimum atomic E-state index is -1.34. The average molecular weight is 523 g/mol. The maximum atomic E-state index is 15.0. The number of halogens is 1. The predicted molar refractivity (Wildman–Crippen MR) is 136 cm³/mol. The van der Waals surface area contributed by atoms with E-state index < -0.39 is 43.2 Å². The van der Waals surface area contributed by atoms with Gasteiger partial charge in [0, 0.05) is 34.2 Å². The first-order valence-electron chi connectivity index (χ1n) is 11.9. The lowest BCUT2D eigenvalue weighted by Gasteiger charge is -2.31. The summed E-state index contributed by atoms with van der Waals surface area (Å²) in [6.07, 6.45) is -0.671. The average Bonchev–Trinajstić information content (AvgIpc) is 2.95. The number of anilines is 1. The second kappa shape index (κ2) is 10.2. The molecule has 3 amide bonds.